The SMILES string of the molecule is CCC(C)N[Si](C)(OC(C)(C)CC)OC(C)(C)CC. The first-order valence-corrected chi connectivity index (χ1v) is 9.99. The van der Waals surface area contributed by atoms with E-state index in [1.165, 1.54) is 0 Å². The standard InChI is InChI=1S/C15H35NO2Si/c1-10-13(4)16-19(9,17-14(5,6)11-2)18-15(7,8)12-3/h13,16H,10-12H2,1-9H3. The van der Waals surface area contributed by atoms with Gasteiger partial charge in [0.25, 0.3) is 0 Å². The van der Waals surface area contributed by atoms with Gasteiger partial charge < -0.3 is 8.85 Å². The second-order valence-corrected chi connectivity index (χ2v) is 9.42. The van der Waals surface area contributed by atoms with Gasteiger partial charge >= 0.3 is 8.72 Å². The number of hydrogen-bond acceptors (Lipinski definition) is 3. The van der Waals surface area contributed by atoms with E-state index in [0.717, 1.165) is 19.3 Å². The van der Waals surface area contributed by atoms with Crippen LogP contribution in [0.25, 0.3) is 0 Å². The molecule has 0 heterocycles. The van der Waals surface area contributed by atoms with Crippen LogP contribution in [-0.2, 0) is 8.85 Å². The summed E-state index contributed by atoms with van der Waals surface area (Å²) in [6.07, 6.45) is 3.04. The first-order valence-electron chi connectivity index (χ1n) is 7.67. The minimum atomic E-state index is -2.40. The van der Waals surface area contributed by atoms with Crippen molar-refractivity contribution in [1.29, 1.82) is 0 Å². The molecule has 0 spiro atoms. The molecular formula is C15H35NO2Si. The first kappa shape index (κ1) is 19.1. The second-order valence-electron chi connectivity index (χ2n) is 6.83. The molecule has 1 unspecified atom stereocenters. The van der Waals surface area contributed by atoms with E-state index in [2.05, 4.69) is 66.9 Å². The molecule has 1 N–H and O–H groups in total. The van der Waals surface area contributed by atoms with E-state index in [9.17, 15) is 0 Å². The molecule has 0 aromatic heterocycles. The smallest absolute Gasteiger partial charge is 0.378 e. The Morgan fingerprint density at radius 3 is 1.58 bits per heavy atom. The van der Waals surface area contributed by atoms with Crippen molar-refractivity contribution in [2.75, 3.05) is 0 Å². The highest BCUT2D eigenvalue weighted by Crippen LogP contribution is 2.26. The quantitative estimate of drug-likeness (QED) is 0.640. The van der Waals surface area contributed by atoms with Crippen LogP contribution >= 0.6 is 0 Å². The maximum Gasteiger partial charge on any atom is 0.422 e. The molecule has 1 atom stereocenters. The Labute approximate surface area is 121 Å². The summed E-state index contributed by atoms with van der Waals surface area (Å²) in [4.78, 5) is 3.62. The molecule has 0 radical (unpaired) electrons. The van der Waals surface area contributed by atoms with Gasteiger partial charge in [-0.05, 0) is 53.5 Å². The van der Waals surface area contributed by atoms with Gasteiger partial charge in [0.15, 0.2) is 0 Å². The van der Waals surface area contributed by atoms with Crippen LogP contribution < -0.4 is 4.98 Å². The molecule has 0 aromatic rings. The maximum atomic E-state index is 6.39. The topological polar surface area (TPSA) is 30.5 Å². The van der Waals surface area contributed by atoms with Gasteiger partial charge in [0.1, 0.15) is 0 Å². The number of nitrogens with one attached hydrogen (secondary N) is 1. The zero-order valence-electron chi connectivity index (χ0n) is 14.5. The van der Waals surface area contributed by atoms with Gasteiger partial charge in [-0.1, -0.05) is 27.7 Å². The van der Waals surface area contributed by atoms with Crippen molar-refractivity contribution in [2.24, 2.45) is 0 Å². The summed E-state index contributed by atoms with van der Waals surface area (Å²) in [6.45, 7) is 19.4. The lowest BCUT2D eigenvalue weighted by atomic mass is 10.1. The van der Waals surface area contributed by atoms with E-state index >= 15 is 0 Å². The number of hydrogen-bond donors (Lipinski definition) is 1. The predicted molar refractivity (Wildman–Crippen MR) is 85.4 cm³/mol. The molecule has 0 aliphatic carbocycles. The molecule has 0 aliphatic heterocycles. The normalized spacial score (nSPS) is 15.6. The van der Waals surface area contributed by atoms with Crippen LogP contribution in [0.3, 0.4) is 0 Å². The summed E-state index contributed by atoms with van der Waals surface area (Å²) >= 11 is 0. The van der Waals surface area contributed by atoms with Crippen molar-refractivity contribution in [2.45, 2.75) is 98.4 Å². The molecule has 19 heavy (non-hydrogen) atoms. The molecule has 0 fully saturated rings. The fraction of sp³-hybridized carbons (Fsp3) is 1.00. The van der Waals surface area contributed by atoms with Gasteiger partial charge in [-0.3, -0.25) is 4.98 Å². The van der Waals surface area contributed by atoms with Crippen LogP contribution in [0.4, 0.5) is 0 Å². The first-order chi connectivity index (χ1) is 8.49. The zero-order chi connectivity index (χ0) is 15.3. The molecule has 4 heteroatoms. The van der Waals surface area contributed by atoms with Gasteiger partial charge in [0.2, 0.25) is 0 Å². The third kappa shape index (κ3) is 7.44. The summed E-state index contributed by atoms with van der Waals surface area (Å²) in [6, 6.07) is 0.414. The Kier molecular flexibility index (Phi) is 7.24. The van der Waals surface area contributed by atoms with E-state index in [1.807, 2.05) is 0 Å². The summed E-state index contributed by atoms with van der Waals surface area (Å²) in [7, 11) is -2.40. The van der Waals surface area contributed by atoms with E-state index in [1.54, 1.807) is 0 Å². The molecule has 0 rings (SSSR count). The molecule has 0 aliphatic rings. The Morgan fingerprint density at radius 2 is 1.32 bits per heavy atom. The summed E-state index contributed by atoms with van der Waals surface area (Å²) in [5.41, 5.74) is -0.295. The van der Waals surface area contributed by atoms with Crippen LogP contribution in [0.5, 0.6) is 0 Å². The Hall–Kier alpha value is 0.0969. The maximum absolute atomic E-state index is 6.39. The number of rotatable bonds is 9. The van der Waals surface area contributed by atoms with Crippen LogP contribution in [0.15, 0.2) is 0 Å². The fourth-order valence-corrected chi connectivity index (χ4v) is 5.48. The average molecular weight is 290 g/mol. The average Bonchev–Trinajstić information content (AvgIpc) is 2.26. The lowest BCUT2D eigenvalue weighted by Gasteiger charge is -2.42. The van der Waals surface area contributed by atoms with E-state index in [4.69, 9.17) is 8.85 Å². The van der Waals surface area contributed by atoms with Gasteiger partial charge in [0.05, 0.1) is 11.2 Å². The summed E-state index contributed by atoms with van der Waals surface area (Å²) < 4.78 is 12.8. The van der Waals surface area contributed by atoms with E-state index in [0.29, 0.717) is 6.04 Å². The van der Waals surface area contributed by atoms with Crippen molar-refractivity contribution in [3.05, 3.63) is 0 Å². The second kappa shape index (κ2) is 7.20. The van der Waals surface area contributed by atoms with Crippen LogP contribution in [0, 0.1) is 0 Å². The van der Waals surface area contributed by atoms with E-state index < -0.39 is 8.72 Å². The largest absolute Gasteiger partial charge is 0.422 e. The van der Waals surface area contributed by atoms with Crippen molar-refractivity contribution < 1.29 is 8.85 Å². The molecule has 0 amide bonds. The van der Waals surface area contributed by atoms with Gasteiger partial charge in [-0.2, -0.15) is 0 Å². The van der Waals surface area contributed by atoms with Crippen LogP contribution in [0.1, 0.15) is 74.7 Å². The monoisotopic (exact) mass is 289 g/mol. The molecular weight excluding hydrogens is 254 g/mol. The predicted octanol–water partition coefficient (Wildman–Crippen LogP) is 4.35. The van der Waals surface area contributed by atoms with Gasteiger partial charge in [0, 0.05) is 6.04 Å². The lowest BCUT2D eigenvalue weighted by Crippen LogP contribution is -2.62. The van der Waals surface area contributed by atoms with Crippen molar-refractivity contribution in [3.8, 4) is 0 Å². The zero-order valence-corrected chi connectivity index (χ0v) is 15.5. The summed E-state index contributed by atoms with van der Waals surface area (Å²) in [5, 5.41) is 0. The van der Waals surface area contributed by atoms with Crippen LogP contribution in [-0.4, -0.2) is 26.0 Å². The Bertz CT molecular complexity index is 249. The van der Waals surface area contributed by atoms with Crippen molar-refractivity contribution in [3.63, 3.8) is 0 Å². The van der Waals surface area contributed by atoms with Crippen molar-refractivity contribution >= 4 is 8.72 Å². The van der Waals surface area contributed by atoms with Crippen LogP contribution in [0.2, 0.25) is 6.55 Å². The van der Waals surface area contributed by atoms with E-state index in [-0.39, 0.29) is 11.2 Å². The molecule has 0 saturated heterocycles. The molecule has 116 valence electrons. The minimum absolute atomic E-state index is 0.148. The Morgan fingerprint density at radius 1 is 0.947 bits per heavy atom. The van der Waals surface area contributed by atoms with Crippen molar-refractivity contribution in [1.82, 2.24) is 4.98 Å². The van der Waals surface area contributed by atoms with Gasteiger partial charge in [-0.15, -0.1) is 0 Å². The Balaban J connectivity index is 5.01. The third-order valence-electron chi connectivity index (χ3n) is 3.77. The third-order valence-corrected chi connectivity index (χ3v) is 6.67. The van der Waals surface area contributed by atoms with Gasteiger partial charge in [-0.25, -0.2) is 0 Å². The highest BCUT2D eigenvalue weighted by molar-refractivity contribution is 6.63. The minimum Gasteiger partial charge on any atom is -0.378 e. The molecule has 0 bridgehead atoms. The highest BCUT2D eigenvalue weighted by atomic mass is 28.4. The lowest BCUT2D eigenvalue weighted by molar-refractivity contribution is -0.00896. The molecule has 0 aromatic carbocycles. The highest BCUT2D eigenvalue weighted by Gasteiger charge is 2.42. The fourth-order valence-electron chi connectivity index (χ4n) is 1.83. The molecule has 3 nitrogen and oxygen atoms in total. The molecule has 0 saturated carbocycles. The summed E-state index contributed by atoms with van der Waals surface area (Å²) in [5.74, 6) is 0.